The van der Waals surface area contributed by atoms with Gasteiger partial charge in [0.15, 0.2) is 0 Å². The molecule has 14 heavy (non-hydrogen) atoms. The van der Waals surface area contributed by atoms with Crippen molar-refractivity contribution in [3.05, 3.63) is 0 Å². The Morgan fingerprint density at radius 1 is 1.29 bits per heavy atom. The highest BCUT2D eigenvalue weighted by molar-refractivity contribution is 7.99. The molecule has 1 saturated heterocycles. The van der Waals surface area contributed by atoms with Gasteiger partial charge in [0.25, 0.3) is 0 Å². The zero-order chi connectivity index (χ0) is 10.4. The van der Waals surface area contributed by atoms with E-state index in [4.69, 9.17) is 5.11 Å². The van der Waals surface area contributed by atoms with E-state index in [-0.39, 0.29) is 12.4 Å². The maximum Gasteiger partial charge on any atom is 0.214 e. The van der Waals surface area contributed by atoms with Gasteiger partial charge in [0.2, 0.25) is 10.0 Å². The monoisotopic (exact) mass is 239 g/mol. The SMILES string of the molecule is O=S(=O)(CCCO)N1CCCSCC1. The second kappa shape index (κ2) is 5.95. The summed E-state index contributed by atoms with van der Waals surface area (Å²) in [5.41, 5.74) is 0. The van der Waals surface area contributed by atoms with E-state index in [1.807, 2.05) is 0 Å². The number of sulfonamides is 1. The van der Waals surface area contributed by atoms with Crippen molar-refractivity contribution in [2.75, 3.05) is 37.0 Å². The molecule has 1 aliphatic heterocycles. The molecule has 0 amide bonds. The number of aliphatic hydroxyl groups is 1. The predicted molar refractivity (Wildman–Crippen MR) is 59.0 cm³/mol. The van der Waals surface area contributed by atoms with Crippen LogP contribution in [0.25, 0.3) is 0 Å². The zero-order valence-electron chi connectivity index (χ0n) is 8.18. The number of nitrogens with zero attached hydrogens (tertiary/aromatic N) is 1. The molecule has 0 aliphatic carbocycles. The minimum atomic E-state index is -3.11. The van der Waals surface area contributed by atoms with Crippen LogP contribution in [0.5, 0.6) is 0 Å². The number of hydrogen-bond acceptors (Lipinski definition) is 4. The van der Waals surface area contributed by atoms with Gasteiger partial charge in [0.1, 0.15) is 0 Å². The number of thioether (sulfide) groups is 1. The van der Waals surface area contributed by atoms with Crippen LogP contribution in [0, 0.1) is 0 Å². The van der Waals surface area contributed by atoms with Gasteiger partial charge < -0.3 is 5.11 Å². The van der Waals surface area contributed by atoms with Crippen molar-refractivity contribution < 1.29 is 13.5 Å². The average Bonchev–Trinajstić information content (AvgIpc) is 2.43. The van der Waals surface area contributed by atoms with Gasteiger partial charge in [-0.2, -0.15) is 11.8 Å². The molecule has 84 valence electrons. The van der Waals surface area contributed by atoms with Crippen LogP contribution in [0.15, 0.2) is 0 Å². The third-order valence-electron chi connectivity index (χ3n) is 2.14. The van der Waals surface area contributed by atoms with Gasteiger partial charge in [-0.25, -0.2) is 12.7 Å². The molecule has 4 nitrogen and oxygen atoms in total. The van der Waals surface area contributed by atoms with Crippen LogP contribution >= 0.6 is 11.8 Å². The van der Waals surface area contributed by atoms with E-state index in [2.05, 4.69) is 0 Å². The molecule has 0 aromatic heterocycles. The van der Waals surface area contributed by atoms with Gasteiger partial charge in [-0.15, -0.1) is 0 Å². The van der Waals surface area contributed by atoms with Crippen LogP contribution in [0.2, 0.25) is 0 Å². The quantitative estimate of drug-likeness (QED) is 0.758. The Kier molecular flexibility index (Phi) is 5.22. The van der Waals surface area contributed by atoms with Gasteiger partial charge in [0, 0.05) is 25.4 Å². The molecule has 0 spiro atoms. The minimum Gasteiger partial charge on any atom is -0.396 e. The Bertz CT molecular complexity index is 245. The zero-order valence-corrected chi connectivity index (χ0v) is 9.82. The lowest BCUT2D eigenvalue weighted by Gasteiger charge is -2.19. The maximum atomic E-state index is 11.7. The molecule has 0 saturated carbocycles. The fourth-order valence-electron chi connectivity index (χ4n) is 1.38. The van der Waals surface area contributed by atoms with E-state index in [0.29, 0.717) is 19.5 Å². The first kappa shape index (κ1) is 12.3. The molecular formula is C8H17NO3S2. The summed E-state index contributed by atoms with van der Waals surface area (Å²) in [4.78, 5) is 0. The predicted octanol–water partition coefficient (Wildman–Crippen LogP) is 0.138. The van der Waals surface area contributed by atoms with Crippen LogP contribution in [-0.4, -0.2) is 54.8 Å². The smallest absolute Gasteiger partial charge is 0.214 e. The summed E-state index contributed by atoms with van der Waals surface area (Å²) in [7, 11) is -3.11. The highest BCUT2D eigenvalue weighted by Crippen LogP contribution is 2.13. The summed E-state index contributed by atoms with van der Waals surface area (Å²) in [5.74, 6) is 2.01. The van der Waals surface area contributed by atoms with Crippen LogP contribution < -0.4 is 0 Å². The van der Waals surface area contributed by atoms with Crippen molar-refractivity contribution in [1.82, 2.24) is 4.31 Å². The molecule has 1 fully saturated rings. The third-order valence-corrected chi connectivity index (χ3v) is 5.14. The van der Waals surface area contributed by atoms with E-state index in [1.165, 1.54) is 0 Å². The van der Waals surface area contributed by atoms with Crippen molar-refractivity contribution in [3.8, 4) is 0 Å². The highest BCUT2D eigenvalue weighted by atomic mass is 32.2. The highest BCUT2D eigenvalue weighted by Gasteiger charge is 2.22. The van der Waals surface area contributed by atoms with Crippen molar-refractivity contribution in [1.29, 1.82) is 0 Å². The first-order valence-corrected chi connectivity index (χ1v) is 7.59. The molecule has 1 heterocycles. The van der Waals surface area contributed by atoms with E-state index in [9.17, 15) is 8.42 Å². The Morgan fingerprint density at radius 3 is 2.79 bits per heavy atom. The van der Waals surface area contributed by atoms with Gasteiger partial charge in [-0.3, -0.25) is 0 Å². The maximum absolute atomic E-state index is 11.7. The van der Waals surface area contributed by atoms with Crippen LogP contribution in [0.4, 0.5) is 0 Å². The second-order valence-corrected chi connectivity index (χ2v) is 6.57. The summed E-state index contributed by atoms with van der Waals surface area (Å²) >= 11 is 1.80. The van der Waals surface area contributed by atoms with Crippen LogP contribution in [-0.2, 0) is 10.0 Å². The molecule has 1 rings (SSSR count). The molecule has 1 aliphatic rings. The van der Waals surface area contributed by atoms with Gasteiger partial charge in [0.05, 0.1) is 5.75 Å². The molecule has 0 aromatic rings. The Labute approximate surface area is 89.7 Å². The number of hydrogen-bond donors (Lipinski definition) is 1. The van der Waals surface area contributed by atoms with Crippen molar-refractivity contribution in [3.63, 3.8) is 0 Å². The third kappa shape index (κ3) is 3.76. The Hall–Kier alpha value is 0.220. The van der Waals surface area contributed by atoms with Crippen molar-refractivity contribution >= 4 is 21.8 Å². The van der Waals surface area contributed by atoms with Crippen molar-refractivity contribution in [2.45, 2.75) is 12.8 Å². The van der Waals surface area contributed by atoms with Crippen LogP contribution in [0.3, 0.4) is 0 Å². The molecule has 6 heteroatoms. The molecule has 0 bridgehead atoms. The van der Waals surface area contributed by atoms with Crippen LogP contribution in [0.1, 0.15) is 12.8 Å². The largest absolute Gasteiger partial charge is 0.396 e. The van der Waals surface area contributed by atoms with Gasteiger partial charge in [-0.05, 0) is 18.6 Å². The fraction of sp³-hybridized carbons (Fsp3) is 1.00. The normalized spacial score (nSPS) is 20.6. The average molecular weight is 239 g/mol. The molecule has 1 N–H and O–H groups in total. The summed E-state index contributed by atoms with van der Waals surface area (Å²) < 4.78 is 25.0. The first-order chi connectivity index (χ1) is 6.67. The van der Waals surface area contributed by atoms with Gasteiger partial charge >= 0.3 is 0 Å². The standard InChI is InChI=1S/C8H17NO3S2/c10-5-2-8-14(11,12)9-3-1-6-13-7-4-9/h10H,1-8H2. The number of aliphatic hydroxyl groups excluding tert-OH is 1. The lowest BCUT2D eigenvalue weighted by molar-refractivity contribution is 0.294. The summed E-state index contributed by atoms with van der Waals surface area (Å²) in [6.07, 6.45) is 1.27. The van der Waals surface area contributed by atoms with E-state index < -0.39 is 10.0 Å². The van der Waals surface area contributed by atoms with E-state index >= 15 is 0 Å². The lowest BCUT2D eigenvalue weighted by atomic mass is 10.5. The Morgan fingerprint density at radius 2 is 2.07 bits per heavy atom. The summed E-state index contributed by atoms with van der Waals surface area (Å²) in [6, 6.07) is 0. The minimum absolute atomic E-state index is 0.0537. The number of rotatable bonds is 4. The van der Waals surface area contributed by atoms with E-state index in [0.717, 1.165) is 17.9 Å². The molecular weight excluding hydrogens is 222 g/mol. The molecule has 0 radical (unpaired) electrons. The van der Waals surface area contributed by atoms with Crippen molar-refractivity contribution in [2.24, 2.45) is 0 Å². The summed E-state index contributed by atoms with van der Waals surface area (Å²) in [5, 5.41) is 8.60. The summed E-state index contributed by atoms with van der Waals surface area (Å²) in [6.45, 7) is 1.21. The topological polar surface area (TPSA) is 57.6 Å². The Balaban J connectivity index is 2.51. The molecule has 0 atom stereocenters. The first-order valence-electron chi connectivity index (χ1n) is 4.83. The molecule has 0 aromatic carbocycles. The molecule has 0 unspecified atom stereocenters. The fourth-order valence-corrected chi connectivity index (χ4v) is 3.91. The van der Waals surface area contributed by atoms with Gasteiger partial charge in [-0.1, -0.05) is 0 Å². The lowest BCUT2D eigenvalue weighted by Crippen LogP contribution is -2.35. The second-order valence-electron chi connectivity index (χ2n) is 3.26. The van der Waals surface area contributed by atoms with E-state index in [1.54, 1.807) is 16.1 Å².